The van der Waals surface area contributed by atoms with Crippen LogP contribution in [0.5, 0.6) is 0 Å². The number of hydrogen-bond donors (Lipinski definition) is 2. The van der Waals surface area contributed by atoms with Crippen molar-refractivity contribution in [1.29, 1.82) is 0 Å². The van der Waals surface area contributed by atoms with Crippen molar-refractivity contribution in [2.45, 2.75) is 68.1 Å². The van der Waals surface area contributed by atoms with Crippen LogP contribution >= 0.6 is 0 Å². The molecule has 9 unspecified atom stereocenters. The molecule has 0 radical (unpaired) electrons. The summed E-state index contributed by atoms with van der Waals surface area (Å²) in [6.07, 6.45) is -2.17. The van der Waals surface area contributed by atoms with E-state index in [1.165, 1.54) is 0 Å². The SMILES string of the molecule is CC1(O)C2(CC3CC2C2C4CCC(C4)C32)OC(O)(C(F)(F)F)C1(F)F. The van der Waals surface area contributed by atoms with Crippen molar-refractivity contribution < 1.29 is 36.9 Å². The average molecular weight is 368 g/mol. The van der Waals surface area contributed by atoms with E-state index in [9.17, 15) is 32.2 Å². The summed E-state index contributed by atoms with van der Waals surface area (Å²) in [5, 5.41) is 20.5. The van der Waals surface area contributed by atoms with E-state index in [1.807, 2.05) is 0 Å². The van der Waals surface area contributed by atoms with Gasteiger partial charge < -0.3 is 14.9 Å². The summed E-state index contributed by atoms with van der Waals surface area (Å²) < 4.78 is 74.2. The third kappa shape index (κ3) is 1.49. The van der Waals surface area contributed by atoms with Crippen LogP contribution in [-0.4, -0.2) is 39.3 Å². The van der Waals surface area contributed by atoms with Crippen LogP contribution in [0.15, 0.2) is 0 Å². The number of hydrogen-bond acceptors (Lipinski definition) is 3. The summed E-state index contributed by atoms with van der Waals surface area (Å²) in [5.74, 6) is -8.85. The van der Waals surface area contributed by atoms with Crippen LogP contribution in [-0.2, 0) is 4.74 Å². The fraction of sp³-hybridized carbons (Fsp3) is 1.00. The van der Waals surface area contributed by atoms with Gasteiger partial charge in [-0.2, -0.15) is 22.0 Å². The Bertz CT molecular complexity index is 634. The van der Waals surface area contributed by atoms with E-state index in [0.29, 0.717) is 31.1 Å². The molecule has 5 fully saturated rings. The van der Waals surface area contributed by atoms with Crippen molar-refractivity contribution in [2.75, 3.05) is 0 Å². The van der Waals surface area contributed by atoms with Crippen molar-refractivity contribution in [3.63, 3.8) is 0 Å². The van der Waals surface area contributed by atoms with Gasteiger partial charge in [0.25, 0.3) is 0 Å². The Balaban J connectivity index is 1.61. The second kappa shape index (κ2) is 4.17. The van der Waals surface area contributed by atoms with E-state index in [4.69, 9.17) is 4.74 Å². The zero-order valence-electron chi connectivity index (χ0n) is 13.7. The largest absolute Gasteiger partial charge is 0.449 e. The van der Waals surface area contributed by atoms with Gasteiger partial charge in [-0.1, -0.05) is 0 Å². The maximum atomic E-state index is 14.7. The summed E-state index contributed by atoms with van der Waals surface area (Å²) in [7, 11) is 0. The molecule has 0 aromatic heterocycles. The zero-order valence-corrected chi connectivity index (χ0v) is 13.7. The molecule has 5 aliphatic rings. The van der Waals surface area contributed by atoms with Crippen molar-refractivity contribution in [3.8, 4) is 0 Å². The topological polar surface area (TPSA) is 49.7 Å². The van der Waals surface area contributed by atoms with E-state index in [2.05, 4.69) is 0 Å². The minimum atomic E-state index is -5.69. The first kappa shape index (κ1) is 16.7. The number of rotatable bonds is 0. The first-order valence-electron chi connectivity index (χ1n) is 8.97. The normalized spacial score (nSPS) is 61.4. The fourth-order valence-corrected chi connectivity index (χ4v) is 7.51. The summed E-state index contributed by atoms with van der Waals surface area (Å²) in [6.45, 7) is 0.708. The van der Waals surface area contributed by atoms with Crippen molar-refractivity contribution in [3.05, 3.63) is 0 Å². The molecule has 0 amide bonds. The predicted octanol–water partition coefficient (Wildman–Crippen LogP) is 3.09. The monoisotopic (exact) mass is 368 g/mol. The third-order valence-electron chi connectivity index (χ3n) is 8.35. The van der Waals surface area contributed by atoms with Crippen LogP contribution in [0, 0.1) is 35.5 Å². The maximum absolute atomic E-state index is 14.7. The first-order chi connectivity index (χ1) is 11.4. The molecular formula is C17H21F5O3. The van der Waals surface area contributed by atoms with Gasteiger partial charge in [0, 0.05) is 0 Å². The van der Waals surface area contributed by atoms with Gasteiger partial charge >= 0.3 is 17.9 Å². The van der Waals surface area contributed by atoms with E-state index in [1.54, 1.807) is 0 Å². The lowest BCUT2D eigenvalue weighted by atomic mass is 9.61. The van der Waals surface area contributed by atoms with E-state index >= 15 is 0 Å². The van der Waals surface area contributed by atoms with Crippen LogP contribution in [0.3, 0.4) is 0 Å². The highest BCUT2D eigenvalue weighted by Gasteiger charge is 2.91. The van der Waals surface area contributed by atoms with Crippen LogP contribution in [0.1, 0.15) is 39.0 Å². The molecule has 142 valence electrons. The van der Waals surface area contributed by atoms with Gasteiger partial charge in [0.05, 0.1) is 0 Å². The molecule has 1 saturated heterocycles. The van der Waals surface area contributed by atoms with Crippen molar-refractivity contribution in [1.82, 2.24) is 0 Å². The number of alkyl halides is 5. The molecule has 9 atom stereocenters. The molecule has 25 heavy (non-hydrogen) atoms. The second-order valence-electron chi connectivity index (χ2n) is 9.07. The van der Waals surface area contributed by atoms with Crippen LogP contribution in [0.4, 0.5) is 22.0 Å². The highest BCUT2D eigenvalue weighted by molar-refractivity contribution is 5.28. The molecule has 4 saturated carbocycles. The Morgan fingerprint density at radius 3 is 2.12 bits per heavy atom. The Morgan fingerprint density at radius 1 is 0.960 bits per heavy atom. The summed E-state index contributed by atoms with van der Waals surface area (Å²) in [4.78, 5) is 0. The van der Waals surface area contributed by atoms with Gasteiger partial charge in [0.2, 0.25) is 0 Å². The first-order valence-corrected chi connectivity index (χ1v) is 8.97. The maximum Gasteiger partial charge on any atom is 0.449 e. The molecule has 4 aliphatic carbocycles. The molecule has 2 N–H and O–H groups in total. The Labute approximate surface area is 141 Å². The molecule has 1 heterocycles. The lowest BCUT2D eigenvalue weighted by molar-refractivity contribution is -0.418. The molecule has 4 bridgehead atoms. The lowest BCUT2D eigenvalue weighted by Crippen LogP contribution is -2.65. The minimum Gasteiger partial charge on any atom is -0.381 e. The molecular weight excluding hydrogens is 347 g/mol. The predicted molar refractivity (Wildman–Crippen MR) is 74.4 cm³/mol. The van der Waals surface area contributed by atoms with Crippen molar-refractivity contribution in [2.24, 2.45) is 35.5 Å². The Kier molecular flexibility index (Phi) is 2.78. The van der Waals surface area contributed by atoms with Gasteiger partial charge in [-0.3, -0.25) is 0 Å². The summed E-state index contributed by atoms with van der Waals surface area (Å²) >= 11 is 0. The van der Waals surface area contributed by atoms with Crippen molar-refractivity contribution >= 4 is 0 Å². The number of fused-ring (bicyclic) bond motifs is 10. The van der Waals surface area contributed by atoms with E-state index in [0.717, 1.165) is 19.3 Å². The third-order valence-corrected chi connectivity index (χ3v) is 8.35. The van der Waals surface area contributed by atoms with Gasteiger partial charge in [-0.15, -0.1) is 0 Å². The minimum absolute atomic E-state index is 0.0110. The van der Waals surface area contributed by atoms with Gasteiger partial charge in [-0.05, 0) is 74.5 Å². The number of aliphatic hydroxyl groups is 2. The zero-order chi connectivity index (χ0) is 18.2. The Hall–Kier alpha value is -0.470. The molecule has 0 aromatic rings. The van der Waals surface area contributed by atoms with Crippen LogP contribution in [0.2, 0.25) is 0 Å². The molecule has 3 nitrogen and oxygen atoms in total. The number of ether oxygens (including phenoxy) is 1. The second-order valence-corrected chi connectivity index (χ2v) is 9.07. The quantitative estimate of drug-likeness (QED) is 0.510. The molecule has 1 spiro atoms. The van der Waals surface area contributed by atoms with Gasteiger partial charge in [0.15, 0.2) is 5.60 Å². The lowest BCUT2D eigenvalue weighted by Gasteiger charge is -2.48. The molecule has 1 aliphatic heterocycles. The fourth-order valence-electron chi connectivity index (χ4n) is 7.51. The Morgan fingerprint density at radius 2 is 1.56 bits per heavy atom. The standard InChI is InChI=1S/C17H21F5O3/c1-13(23)14(25-16(24,15(13,18)19)17(20,21)22)6-9-5-10(14)12-8-3-2-7(4-8)11(9)12/h7-12,23-24H,2-6H2,1H3. The van der Waals surface area contributed by atoms with E-state index in [-0.39, 0.29) is 18.3 Å². The van der Waals surface area contributed by atoms with Crippen LogP contribution < -0.4 is 0 Å². The van der Waals surface area contributed by atoms with Crippen LogP contribution in [0.25, 0.3) is 0 Å². The van der Waals surface area contributed by atoms with Gasteiger partial charge in [-0.25, -0.2) is 0 Å². The smallest absolute Gasteiger partial charge is 0.381 e. The molecule has 5 rings (SSSR count). The van der Waals surface area contributed by atoms with E-state index < -0.39 is 35.0 Å². The molecule has 0 aromatic carbocycles. The molecule has 8 heteroatoms. The van der Waals surface area contributed by atoms with Gasteiger partial charge in [0.1, 0.15) is 5.60 Å². The highest BCUT2D eigenvalue weighted by atomic mass is 19.4. The highest BCUT2D eigenvalue weighted by Crippen LogP contribution is 2.76. The average Bonchev–Trinajstić information content (AvgIpc) is 3.24. The number of halogens is 5. The summed E-state index contributed by atoms with van der Waals surface area (Å²) in [5.41, 5.74) is -5.12. The summed E-state index contributed by atoms with van der Waals surface area (Å²) in [6, 6.07) is 0.